The number of hydrogen-bond donors (Lipinski definition) is 0. The number of nitrogens with zero attached hydrogens (tertiary/aromatic N) is 6. The third-order valence-electron chi connectivity index (χ3n) is 4.01. The molecule has 1 atom stereocenters. The number of imide groups is 1. The van der Waals surface area contributed by atoms with E-state index in [-0.39, 0.29) is 11.9 Å². The fourth-order valence-electron chi connectivity index (χ4n) is 2.78. The van der Waals surface area contributed by atoms with Crippen LogP contribution in [-0.4, -0.2) is 79.3 Å². The Morgan fingerprint density at radius 3 is 2.48 bits per heavy atom. The number of carbonyl (C=O) groups excluding carboxylic acids is 2. The summed E-state index contributed by atoms with van der Waals surface area (Å²) in [7, 11) is 3.11. The van der Waals surface area contributed by atoms with Crippen LogP contribution in [0.15, 0.2) is 16.2 Å². The Morgan fingerprint density at radius 1 is 1.20 bits per heavy atom. The maximum Gasteiger partial charge on any atom is 0.364 e. The van der Waals surface area contributed by atoms with Crippen molar-refractivity contribution in [2.75, 3.05) is 26.4 Å². The predicted molar refractivity (Wildman–Crippen MR) is 98.4 cm³/mol. The van der Waals surface area contributed by atoms with E-state index >= 15 is 0 Å². The smallest absolute Gasteiger partial charge is 0.269 e. The number of carbonyl (C=O) groups is 2. The first-order chi connectivity index (χ1) is 11.8. The van der Waals surface area contributed by atoms with Crippen molar-refractivity contribution in [2.45, 2.75) is 25.0 Å². The molecule has 0 aliphatic carbocycles. The third kappa shape index (κ3) is 3.32. The lowest BCUT2D eigenvalue weighted by Gasteiger charge is -2.30. The van der Waals surface area contributed by atoms with Crippen LogP contribution in [0.3, 0.4) is 0 Å². The summed E-state index contributed by atoms with van der Waals surface area (Å²) < 4.78 is 2.41. The number of amides is 3. The van der Waals surface area contributed by atoms with E-state index in [1.54, 1.807) is 7.05 Å². The number of hydrogen-bond acceptors (Lipinski definition) is 6. The minimum absolute atomic E-state index is 0.274. The third-order valence-corrected chi connectivity index (χ3v) is 5.47. The number of rotatable bonds is 4. The summed E-state index contributed by atoms with van der Waals surface area (Å²) in [5, 5.41) is 0.716. The summed E-state index contributed by atoms with van der Waals surface area (Å²) >= 11 is 4.93. The van der Waals surface area contributed by atoms with Gasteiger partial charge in [0.1, 0.15) is 0 Å². The van der Waals surface area contributed by atoms with E-state index in [9.17, 15) is 9.59 Å². The molecule has 0 spiro atoms. The highest BCUT2D eigenvalue weighted by molar-refractivity contribution is 9.18. The second kappa shape index (κ2) is 6.83. The summed E-state index contributed by atoms with van der Waals surface area (Å²) in [5.74, 6) is 0.864. The lowest BCUT2D eigenvalue weighted by Crippen LogP contribution is -2.61. The minimum atomic E-state index is -0.581. The molecule has 2 aliphatic heterocycles. The standard InChI is InChI=1S/C15H18BrN6O2S/c1-8-7-9(2)18-14(17-8)25-6-5-22-10-11(19-13(22)16)20(3)15(24)21(4)12(10)23/h7,10H,5-6H2,1-4H3/q+1. The number of likely N-dealkylation sites (N-methyl/N-ethyl adjacent to an activating group) is 2. The molecule has 3 rings (SSSR count). The predicted octanol–water partition coefficient (Wildman–Crippen LogP) is 1.25. The summed E-state index contributed by atoms with van der Waals surface area (Å²) in [6, 6.07) is 0.973. The molecule has 1 unspecified atom stereocenters. The van der Waals surface area contributed by atoms with Gasteiger partial charge in [-0.15, -0.1) is 0 Å². The highest BCUT2D eigenvalue weighted by Crippen LogP contribution is 2.22. The van der Waals surface area contributed by atoms with Gasteiger partial charge in [0.05, 0.1) is 22.5 Å². The summed E-state index contributed by atoms with van der Waals surface area (Å²) in [6.07, 6.45) is 0. The van der Waals surface area contributed by atoms with Gasteiger partial charge in [0.25, 0.3) is 17.8 Å². The topological polar surface area (TPSA) is 81.8 Å². The van der Waals surface area contributed by atoms with Crippen LogP contribution in [0.5, 0.6) is 0 Å². The average molecular weight is 426 g/mol. The van der Waals surface area contributed by atoms with Crippen molar-refractivity contribution < 1.29 is 14.2 Å². The number of urea groups is 1. The van der Waals surface area contributed by atoms with Crippen molar-refractivity contribution in [1.29, 1.82) is 0 Å². The van der Waals surface area contributed by atoms with Crippen molar-refractivity contribution in [3.8, 4) is 0 Å². The number of aryl methyl sites for hydroxylation is 2. The molecule has 0 aromatic carbocycles. The Hall–Kier alpha value is -1.81. The lowest BCUT2D eigenvalue weighted by atomic mass is 10.1. The number of halogens is 1. The maximum atomic E-state index is 12.5. The molecular weight excluding hydrogens is 408 g/mol. The van der Waals surface area contributed by atoms with E-state index < -0.39 is 6.04 Å². The Kier molecular flexibility index (Phi) is 4.92. The first kappa shape index (κ1) is 18.0. The van der Waals surface area contributed by atoms with Crippen LogP contribution < -0.4 is 0 Å². The molecule has 0 saturated carbocycles. The molecule has 1 fully saturated rings. The van der Waals surface area contributed by atoms with E-state index in [1.165, 1.54) is 23.7 Å². The van der Waals surface area contributed by atoms with Crippen molar-refractivity contribution in [3.63, 3.8) is 0 Å². The Balaban J connectivity index is 1.72. The van der Waals surface area contributed by atoms with Gasteiger partial charge in [0, 0.05) is 31.2 Å². The molecule has 0 radical (unpaired) electrons. The monoisotopic (exact) mass is 425 g/mol. The first-order valence-corrected chi connectivity index (χ1v) is 9.45. The zero-order valence-corrected chi connectivity index (χ0v) is 16.8. The largest absolute Gasteiger partial charge is 0.364 e. The van der Waals surface area contributed by atoms with Gasteiger partial charge in [-0.2, -0.15) is 0 Å². The molecule has 1 saturated heterocycles. The summed E-state index contributed by atoms with van der Waals surface area (Å²) in [5.41, 5.74) is 1.86. The van der Waals surface area contributed by atoms with Gasteiger partial charge in [-0.05, 0) is 24.9 Å². The highest BCUT2D eigenvalue weighted by atomic mass is 79.9. The van der Waals surface area contributed by atoms with Crippen LogP contribution in [0.4, 0.5) is 4.79 Å². The van der Waals surface area contributed by atoms with Crippen LogP contribution in [0.2, 0.25) is 0 Å². The van der Waals surface area contributed by atoms with Gasteiger partial charge in [0.15, 0.2) is 5.16 Å². The van der Waals surface area contributed by atoms with Gasteiger partial charge in [0.2, 0.25) is 0 Å². The van der Waals surface area contributed by atoms with Gasteiger partial charge >= 0.3 is 10.8 Å². The fraction of sp³-hybridized carbons (Fsp3) is 0.467. The van der Waals surface area contributed by atoms with Gasteiger partial charge in [-0.1, -0.05) is 11.8 Å². The second-order valence-corrected chi connectivity index (χ2v) is 7.63. The van der Waals surface area contributed by atoms with Crippen LogP contribution in [0.1, 0.15) is 11.4 Å². The molecule has 132 valence electrons. The number of fused-ring (bicyclic) bond motifs is 1. The molecule has 10 heteroatoms. The van der Waals surface area contributed by atoms with Crippen LogP contribution in [0.25, 0.3) is 0 Å². The van der Waals surface area contributed by atoms with E-state index in [2.05, 4.69) is 30.9 Å². The number of aliphatic imine (C=N–C) groups is 1. The van der Waals surface area contributed by atoms with Crippen molar-refractivity contribution in [3.05, 3.63) is 17.5 Å². The second-order valence-electron chi connectivity index (χ2n) is 5.86. The average Bonchev–Trinajstić information content (AvgIpc) is 2.87. The molecule has 25 heavy (non-hydrogen) atoms. The number of amidine groups is 2. The van der Waals surface area contributed by atoms with Crippen LogP contribution in [-0.2, 0) is 4.79 Å². The van der Waals surface area contributed by atoms with E-state index in [0.29, 0.717) is 28.0 Å². The maximum absolute atomic E-state index is 12.5. The quantitative estimate of drug-likeness (QED) is 0.313. The van der Waals surface area contributed by atoms with E-state index in [1.807, 2.05) is 24.5 Å². The fourth-order valence-corrected chi connectivity index (χ4v) is 4.23. The van der Waals surface area contributed by atoms with Gasteiger partial charge in [-0.3, -0.25) is 14.6 Å². The van der Waals surface area contributed by atoms with Crippen molar-refractivity contribution >= 4 is 50.2 Å². The Bertz CT molecular complexity index is 804. The first-order valence-electron chi connectivity index (χ1n) is 7.67. The normalized spacial score (nSPS) is 20.4. The highest BCUT2D eigenvalue weighted by Gasteiger charge is 2.52. The van der Waals surface area contributed by atoms with Crippen molar-refractivity contribution in [2.24, 2.45) is 4.99 Å². The summed E-state index contributed by atoms with van der Waals surface area (Å²) in [6.45, 7) is 4.45. The number of thioether (sulfide) groups is 1. The molecule has 0 N–H and O–H groups in total. The van der Waals surface area contributed by atoms with Crippen molar-refractivity contribution in [1.82, 2.24) is 19.8 Å². The zero-order valence-electron chi connectivity index (χ0n) is 14.4. The van der Waals surface area contributed by atoms with Gasteiger partial charge in [-0.25, -0.2) is 19.3 Å². The molecule has 1 aromatic rings. The molecule has 0 bridgehead atoms. The zero-order chi connectivity index (χ0) is 18.3. The van der Waals surface area contributed by atoms with Crippen LogP contribution in [0, 0.1) is 13.8 Å². The molecule has 8 nitrogen and oxygen atoms in total. The van der Waals surface area contributed by atoms with E-state index in [4.69, 9.17) is 0 Å². The minimum Gasteiger partial charge on any atom is -0.269 e. The molecule has 3 heterocycles. The molecule has 1 aromatic heterocycles. The molecular formula is C15H18BrN6O2S+. The van der Waals surface area contributed by atoms with Crippen LogP contribution >= 0.6 is 27.7 Å². The number of aromatic nitrogens is 2. The Morgan fingerprint density at radius 2 is 1.84 bits per heavy atom. The summed E-state index contributed by atoms with van der Waals surface area (Å²) in [4.78, 5) is 40.3. The van der Waals surface area contributed by atoms with Gasteiger partial charge < -0.3 is 0 Å². The molecule has 2 aliphatic rings. The van der Waals surface area contributed by atoms with E-state index in [0.717, 1.165) is 16.3 Å². The lowest BCUT2D eigenvalue weighted by molar-refractivity contribution is -0.527. The molecule has 3 amide bonds. The Labute approximate surface area is 158 Å². The SMILES string of the molecule is Cc1cc(C)nc(SCC[N+]2=C(Br)N=C3C2C(=O)N(C)C(=O)N3C)n1.